The number of amides is 3. The third kappa shape index (κ3) is 6.73. The number of carbonyl (C=O) groups is 3. The van der Waals surface area contributed by atoms with Gasteiger partial charge in [-0.2, -0.15) is 0 Å². The fraction of sp³-hybridized carbons (Fsp3) is 0.286. The summed E-state index contributed by atoms with van der Waals surface area (Å²) in [5.41, 5.74) is 3.52. The van der Waals surface area contributed by atoms with E-state index in [9.17, 15) is 14.4 Å². The molecule has 0 aliphatic carbocycles. The van der Waals surface area contributed by atoms with Gasteiger partial charge in [0.25, 0.3) is 5.91 Å². The zero-order chi connectivity index (χ0) is 29.6. The second-order valence-electron chi connectivity index (χ2n) is 11.2. The van der Waals surface area contributed by atoms with Gasteiger partial charge in [0.2, 0.25) is 11.8 Å². The van der Waals surface area contributed by atoms with Crippen LogP contribution >= 0.6 is 15.9 Å². The normalized spacial score (nSPS) is 13.0. The Hall–Kier alpha value is -3.97. The Morgan fingerprint density at radius 3 is 2.36 bits per heavy atom. The summed E-state index contributed by atoms with van der Waals surface area (Å²) in [4.78, 5) is 44.4. The van der Waals surface area contributed by atoms with Crippen molar-refractivity contribution in [3.05, 3.63) is 112 Å². The van der Waals surface area contributed by atoms with Gasteiger partial charge in [-0.05, 0) is 53.1 Å². The van der Waals surface area contributed by atoms with E-state index in [1.165, 1.54) is 0 Å². The van der Waals surface area contributed by atoms with Crippen LogP contribution in [0.4, 0.5) is 5.69 Å². The molecule has 1 N–H and O–H groups in total. The minimum atomic E-state index is -0.677. The fourth-order valence-electron chi connectivity index (χ4n) is 5.54. The Kier molecular flexibility index (Phi) is 9.38. The molecule has 0 saturated carbocycles. The molecule has 4 aromatic carbocycles. The molecule has 1 aliphatic rings. The highest BCUT2D eigenvalue weighted by Gasteiger charge is 2.32. The van der Waals surface area contributed by atoms with Gasteiger partial charge in [0, 0.05) is 47.9 Å². The van der Waals surface area contributed by atoms with Gasteiger partial charge in [0.15, 0.2) is 0 Å². The van der Waals surface area contributed by atoms with E-state index in [1.807, 2.05) is 91.0 Å². The van der Waals surface area contributed by atoms with Crippen LogP contribution in [0.1, 0.15) is 48.2 Å². The van der Waals surface area contributed by atoms with E-state index in [0.29, 0.717) is 38.0 Å². The van der Waals surface area contributed by atoms with Crippen LogP contribution in [0, 0.1) is 5.92 Å². The largest absolute Gasteiger partial charge is 0.354 e. The summed E-state index contributed by atoms with van der Waals surface area (Å²) in [5.74, 6) is -0.0203. The number of benzene rings is 4. The molecular formula is C35H36BrN3O3. The average molecular weight is 627 g/mol. The molecule has 1 aliphatic heterocycles. The summed E-state index contributed by atoms with van der Waals surface area (Å²) in [7, 11) is 0. The molecule has 1 heterocycles. The van der Waals surface area contributed by atoms with Gasteiger partial charge in [-0.25, -0.2) is 0 Å². The number of nitrogens with one attached hydrogen (secondary N) is 1. The Morgan fingerprint density at radius 1 is 0.905 bits per heavy atom. The van der Waals surface area contributed by atoms with Gasteiger partial charge in [0.1, 0.15) is 6.04 Å². The molecule has 7 heteroatoms. The van der Waals surface area contributed by atoms with Gasteiger partial charge in [0.05, 0.1) is 5.69 Å². The molecular weight excluding hydrogens is 590 g/mol. The van der Waals surface area contributed by atoms with Crippen LogP contribution in [0.25, 0.3) is 10.8 Å². The Morgan fingerprint density at radius 2 is 1.62 bits per heavy atom. The summed E-state index contributed by atoms with van der Waals surface area (Å²) in [6.45, 7) is 5.36. The number of anilines is 1. The van der Waals surface area contributed by atoms with Crippen molar-refractivity contribution >= 4 is 50.1 Å². The first-order valence-corrected chi connectivity index (χ1v) is 15.3. The van der Waals surface area contributed by atoms with E-state index >= 15 is 0 Å². The van der Waals surface area contributed by atoms with E-state index in [-0.39, 0.29) is 30.1 Å². The van der Waals surface area contributed by atoms with Crippen molar-refractivity contribution in [1.82, 2.24) is 10.2 Å². The Balaban J connectivity index is 1.37. The van der Waals surface area contributed by atoms with Gasteiger partial charge in [-0.3, -0.25) is 14.4 Å². The predicted molar refractivity (Wildman–Crippen MR) is 171 cm³/mol. The molecule has 3 amide bonds. The van der Waals surface area contributed by atoms with E-state index in [4.69, 9.17) is 0 Å². The van der Waals surface area contributed by atoms with E-state index in [2.05, 4.69) is 35.1 Å². The molecule has 6 nitrogen and oxygen atoms in total. The molecule has 42 heavy (non-hydrogen) atoms. The molecule has 0 saturated heterocycles. The van der Waals surface area contributed by atoms with Crippen LogP contribution in [0.15, 0.2) is 95.5 Å². The summed E-state index contributed by atoms with van der Waals surface area (Å²) >= 11 is 3.54. The summed E-state index contributed by atoms with van der Waals surface area (Å²) in [5, 5.41) is 5.07. The molecule has 4 aromatic rings. The maximum absolute atomic E-state index is 14.0. The van der Waals surface area contributed by atoms with E-state index in [0.717, 1.165) is 32.1 Å². The lowest BCUT2D eigenvalue weighted by Crippen LogP contribution is -2.51. The highest BCUT2D eigenvalue weighted by molar-refractivity contribution is 9.10. The van der Waals surface area contributed by atoms with Gasteiger partial charge in [-0.15, -0.1) is 0 Å². The second kappa shape index (κ2) is 13.3. The molecule has 5 rings (SSSR count). The molecule has 0 fully saturated rings. The van der Waals surface area contributed by atoms with Crippen molar-refractivity contribution < 1.29 is 14.4 Å². The quantitative estimate of drug-likeness (QED) is 0.189. The highest BCUT2D eigenvalue weighted by Crippen LogP contribution is 2.37. The zero-order valence-corrected chi connectivity index (χ0v) is 25.6. The van der Waals surface area contributed by atoms with Crippen LogP contribution in [0.3, 0.4) is 0 Å². The van der Waals surface area contributed by atoms with Crippen LogP contribution < -0.4 is 10.2 Å². The summed E-state index contributed by atoms with van der Waals surface area (Å²) in [6.07, 6.45) is 1.11. The number of hydrogen-bond donors (Lipinski definition) is 1. The molecule has 0 spiro atoms. The Labute approximate surface area is 255 Å². The maximum Gasteiger partial charge on any atom is 0.258 e. The molecule has 0 unspecified atom stereocenters. The smallest absolute Gasteiger partial charge is 0.258 e. The zero-order valence-electron chi connectivity index (χ0n) is 24.1. The molecule has 1 atom stereocenters. The lowest BCUT2D eigenvalue weighted by molar-refractivity contribution is -0.141. The van der Waals surface area contributed by atoms with Gasteiger partial charge < -0.3 is 15.1 Å². The van der Waals surface area contributed by atoms with Crippen LogP contribution in [-0.2, 0) is 22.6 Å². The lowest BCUT2D eigenvalue weighted by atomic mass is 10.0. The van der Waals surface area contributed by atoms with Crippen molar-refractivity contribution in [2.24, 2.45) is 5.92 Å². The minimum absolute atomic E-state index is 0.0322. The first-order valence-electron chi connectivity index (χ1n) is 14.5. The SMILES string of the molecule is CC(C)CNC(=O)[C@@H](Cc1ccccc1)N(Cc1cccc(Br)c1)C(=O)CCCN1C(=O)c2cccc3cccc1c23. The number of halogens is 1. The molecule has 0 radical (unpaired) electrons. The van der Waals surface area contributed by atoms with Crippen molar-refractivity contribution in [3.63, 3.8) is 0 Å². The number of rotatable bonds is 12. The monoisotopic (exact) mass is 625 g/mol. The fourth-order valence-corrected chi connectivity index (χ4v) is 5.99. The average Bonchev–Trinajstić information content (AvgIpc) is 3.26. The van der Waals surface area contributed by atoms with Crippen LogP contribution in [0.2, 0.25) is 0 Å². The van der Waals surface area contributed by atoms with Gasteiger partial charge in [-0.1, -0.05) is 96.5 Å². The van der Waals surface area contributed by atoms with Crippen molar-refractivity contribution in [2.75, 3.05) is 18.0 Å². The predicted octanol–water partition coefficient (Wildman–Crippen LogP) is 6.76. The van der Waals surface area contributed by atoms with Crippen molar-refractivity contribution in [1.29, 1.82) is 0 Å². The third-order valence-electron chi connectivity index (χ3n) is 7.62. The standard InChI is InChI=1S/C35H36BrN3O3/c1-24(2)22-37-34(41)31(21-25-10-4-3-5-11-25)39(23-26-12-6-15-28(36)20-26)32(40)18-9-19-38-30-17-8-14-27-13-7-16-29(33(27)30)35(38)42/h3-8,10-17,20,24,31H,9,18-19,21-23H2,1-2H3,(H,37,41)/t31-/m1/s1. The first-order chi connectivity index (χ1) is 20.3. The van der Waals surface area contributed by atoms with Crippen molar-refractivity contribution in [3.8, 4) is 0 Å². The second-order valence-corrected chi connectivity index (χ2v) is 12.2. The Bertz CT molecular complexity index is 1580. The van der Waals surface area contributed by atoms with Crippen LogP contribution in [-0.4, -0.2) is 41.8 Å². The topological polar surface area (TPSA) is 69.7 Å². The number of hydrogen-bond acceptors (Lipinski definition) is 3. The summed E-state index contributed by atoms with van der Waals surface area (Å²) < 4.78 is 0.914. The molecule has 216 valence electrons. The van der Waals surface area contributed by atoms with Crippen LogP contribution in [0.5, 0.6) is 0 Å². The lowest BCUT2D eigenvalue weighted by Gasteiger charge is -2.32. The minimum Gasteiger partial charge on any atom is -0.354 e. The number of nitrogens with zero attached hydrogens (tertiary/aromatic N) is 2. The highest BCUT2D eigenvalue weighted by atomic mass is 79.9. The van der Waals surface area contributed by atoms with E-state index in [1.54, 1.807) is 9.80 Å². The van der Waals surface area contributed by atoms with Gasteiger partial charge >= 0.3 is 0 Å². The van der Waals surface area contributed by atoms with E-state index < -0.39 is 6.04 Å². The first kappa shape index (κ1) is 29.5. The maximum atomic E-state index is 14.0. The summed E-state index contributed by atoms with van der Waals surface area (Å²) in [6, 6.07) is 28.7. The van der Waals surface area contributed by atoms with Crippen molar-refractivity contribution in [2.45, 2.75) is 45.7 Å². The molecule has 0 bridgehead atoms. The molecule has 0 aromatic heterocycles. The third-order valence-corrected chi connectivity index (χ3v) is 8.11. The number of carbonyl (C=O) groups excluding carboxylic acids is 3.